The molecule has 1 aliphatic heterocycles. The quantitative estimate of drug-likeness (QED) is 0.826. The van der Waals surface area contributed by atoms with E-state index in [-0.39, 0.29) is 16.6 Å². The molecule has 0 amide bonds. The largest absolute Gasteiger partial charge is 0.353 e. The van der Waals surface area contributed by atoms with Crippen molar-refractivity contribution in [3.8, 4) is 0 Å². The van der Waals surface area contributed by atoms with E-state index in [0.717, 1.165) is 29.9 Å². The fourth-order valence-electron chi connectivity index (χ4n) is 3.32. The predicted octanol–water partition coefficient (Wildman–Crippen LogP) is 3.40. The molecule has 0 saturated heterocycles. The molecule has 2 aromatic rings. The molecule has 4 rings (SSSR count). The number of nitrogens with zero attached hydrogens (tertiary/aromatic N) is 2. The Morgan fingerprint density at radius 1 is 1.22 bits per heavy atom. The van der Waals surface area contributed by atoms with Gasteiger partial charge in [0, 0.05) is 30.7 Å². The van der Waals surface area contributed by atoms with Crippen molar-refractivity contribution in [2.75, 3.05) is 11.6 Å². The third kappa shape index (κ3) is 3.78. The van der Waals surface area contributed by atoms with Crippen LogP contribution in [-0.2, 0) is 27.5 Å². The zero-order chi connectivity index (χ0) is 19.2. The van der Waals surface area contributed by atoms with Gasteiger partial charge in [-0.3, -0.25) is 14.8 Å². The van der Waals surface area contributed by atoms with Gasteiger partial charge in [0.2, 0.25) is 0 Å². The number of pyridine rings is 1. The van der Waals surface area contributed by atoms with Gasteiger partial charge in [-0.05, 0) is 38.0 Å². The summed E-state index contributed by atoms with van der Waals surface area (Å²) in [4.78, 5) is 21.7. The molecule has 0 spiro atoms. The Morgan fingerprint density at radius 2 is 1.96 bits per heavy atom. The van der Waals surface area contributed by atoms with E-state index < -0.39 is 9.84 Å². The first-order chi connectivity index (χ1) is 12.8. The molecule has 1 fully saturated rings. The van der Waals surface area contributed by atoms with Crippen molar-refractivity contribution < 1.29 is 13.2 Å². The Bertz CT molecular complexity index is 1070. The van der Waals surface area contributed by atoms with Gasteiger partial charge in [0.1, 0.15) is 11.5 Å². The topological polar surface area (TPSA) is 88.5 Å². The van der Waals surface area contributed by atoms with Gasteiger partial charge in [0.05, 0.1) is 27.7 Å². The average molecular weight is 383 g/mol. The van der Waals surface area contributed by atoms with E-state index in [9.17, 15) is 13.2 Å². The van der Waals surface area contributed by atoms with E-state index in [1.165, 1.54) is 6.26 Å². The zero-order valence-electron chi connectivity index (χ0n) is 15.3. The van der Waals surface area contributed by atoms with E-state index in [1.54, 1.807) is 24.3 Å². The second-order valence-corrected chi connectivity index (χ2v) is 9.28. The summed E-state index contributed by atoms with van der Waals surface area (Å²) in [5.41, 5.74) is 4.38. The molecule has 1 aromatic heterocycles. The molecule has 2 heterocycles. The first-order valence-corrected chi connectivity index (χ1v) is 10.9. The van der Waals surface area contributed by atoms with Gasteiger partial charge in [-0.1, -0.05) is 12.1 Å². The minimum atomic E-state index is -3.38. The molecule has 0 atom stereocenters. The van der Waals surface area contributed by atoms with Gasteiger partial charge >= 0.3 is 0 Å². The summed E-state index contributed by atoms with van der Waals surface area (Å²) >= 11 is 0. The normalized spacial score (nSPS) is 16.0. The summed E-state index contributed by atoms with van der Waals surface area (Å²) in [5, 5.41) is 3.22. The molecule has 0 bridgehead atoms. The van der Waals surface area contributed by atoms with Crippen LogP contribution in [0.4, 0.5) is 17.1 Å². The van der Waals surface area contributed by atoms with E-state index >= 15 is 0 Å². The molecule has 6 nitrogen and oxygen atoms in total. The molecule has 7 heteroatoms. The molecular formula is C20H21N3O3S. The van der Waals surface area contributed by atoms with Crippen molar-refractivity contribution in [1.29, 1.82) is 0 Å². The van der Waals surface area contributed by atoms with Crippen molar-refractivity contribution in [3.05, 3.63) is 41.7 Å². The predicted molar refractivity (Wildman–Crippen MR) is 105 cm³/mol. The summed E-state index contributed by atoms with van der Waals surface area (Å²) in [7, 11) is -3.38. The van der Waals surface area contributed by atoms with Crippen LogP contribution in [0, 0.1) is 5.92 Å². The molecule has 140 valence electrons. The zero-order valence-corrected chi connectivity index (χ0v) is 16.1. The first-order valence-electron chi connectivity index (χ1n) is 8.97. The van der Waals surface area contributed by atoms with Gasteiger partial charge in [-0.15, -0.1) is 0 Å². The molecule has 0 unspecified atom stereocenters. The maximum atomic E-state index is 12.2. The summed E-state index contributed by atoms with van der Waals surface area (Å²) in [6.07, 6.45) is 4.08. The standard InChI is InChI=1S/C20H21N3O3S/c1-12-9-16-20(21-12)17(10-14(22-16)11-18(24)13-7-8-13)23-15-5-3-4-6-19(15)27(2,25)26/h3-6,10,13H,7-9,11H2,1-2H3,(H,22,23). The monoisotopic (exact) mass is 383 g/mol. The van der Waals surface area contributed by atoms with Crippen molar-refractivity contribution in [3.63, 3.8) is 0 Å². The lowest BCUT2D eigenvalue weighted by molar-refractivity contribution is -0.119. The van der Waals surface area contributed by atoms with Crippen molar-refractivity contribution >= 4 is 38.4 Å². The Labute approximate surface area is 158 Å². The van der Waals surface area contributed by atoms with Crippen LogP contribution in [0.5, 0.6) is 0 Å². The highest BCUT2D eigenvalue weighted by Gasteiger charge is 2.30. The van der Waals surface area contributed by atoms with Gasteiger partial charge in [-0.25, -0.2) is 8.42 Å². The minimum absolute atomic E-state index is 0.181. The van der Waals surface area contributed by atoms with E-state index in [2.05, 4.69) is 15.3 Å². The molecule has 2 aliphatic rings. The average Bonchev–Trinajstić information content (AvgIpc) is 3.37. The van der Waals surface area contributed by atoms with E-state index in [1.807, 2.05) is 13.0 Å². The van der Waals surface area contributed by atoms with Crippen LogP contribution >= 0.6 is 0 Å². The smallest absolute Gasteiger partial charge is 0.177 e. The molecule has 1 N–H and O–H groups in total. The van der Waals surface area contributed by atoms with E-state index in [4.69, 9.17) is 0 Å². The number of hydrogen-bond acceptors (Lipinski definition) is 6. The van der Waals surface area contributed by atoms with Crippen LogP contribution in [-0.4, -0.2) is 31.2 Å². The van der Waals surface area contributed by atoms with Crippen LogP contribution in [0.1, 0.15) is 31.2 Å². The highest BCUT2D eigenvalue weighted by Crippen LogP contribution is 2.38. The minimum Gasteiger partial charge on any atom is -0.353 e. The lowest BCUT2D eigenvalue weighted by Gasteiger charge is -2.14. The fraction of sp³-hybridized carbons (Fsp3) is 0.350. The number of para-hydroxylation sites is 1. The van der Waals surface area contributed by atoms with Gasteiger partial charge in [0.15, 0.2) is 9.84 Å². The molecule has 0 radical (unpaired) electrons. The second kappa shape index (κ2) is 6.56. The van der Waals surface area contributed by atoms with Gasteiger partial charge in [0.25, 0.3) is 0 Å². The van der Waals surface area contributed by atoms with Crippen molar-refractivity contribution in [2.24, 2.45) is 10.9 Å². The Hall–Kier alpha value is -2.54. The summed E-state index contributed by atoms with van der Waals surface area (Å²) in [6, 6.07) is 8.60. The van der Waals surface area contributed by atoms with Crippen LogP contribution in [0.15, 0.2) is 40.2 Å². The van der Waals surface area contributed by atoms with Crippen LogP contribution in [0.3, 0.4) is 0 Å². The number of carbonyl (C=O) groups is 1. The Kier molecular flexibility index (Phi) is 4.34. The molecule has 1 aliphatic carbocycles. The highest BCUT2D eigenvalue weighted by molar-refractivity contribution is 7.90. The van der Waals surface area contributed by atoms with Crippen LogP contribution in [0.2, 0.25) is 0 Å². The number of aliphatic imine (C=N–C) groups is 1. The first kappa shape index (κ1) is 17.9. The summed E-state index contributed by atoms with van der Waals surface area (Å²) in [6.45, 7) is 1.94. The third-order valence-electron chi connectivity index (χ3n) is 4.79. The van der Waals surface area contributed by atoms with E-state index in [0.29, 0.717) is 29.9 Å². The highest BCUT2D eigenvalue weighted by atomic mass is 32.2. The maximum Gasteiger partial charge on any atom is 0.177 e. The summed E-state index contributed by atoms with van der Waals surface area (Å²) < 4.78 is 24.2. The number of carbonyl (C=O) groups excluding carboxylic acids is 1. The number of anilines is 2. The summed E-state index contributed by atoms with van der Waals surface area (Å²) in [5.74, 6) is 0.404. The molecule has 1 aromatic carbocycles. The third-order valence-corrected chi connectivity index (χ3v) is 5.94. The number of sulfone groups is 1. The number of rotatable bonds is 6. The van der Waals surface area contributed by atoms with Crippen molar-refractivity contribution in [1.82, 2.24) is 4.98 Å². The van der Waals surface area contributed by atoms with Gasteiger partial charge < -0.3 is 5.32 Å². The molecular weight excluding hydrogens is 362 g/mol. The number of fused-ring (bicyclic) bond motifs is 1. The van der Waals surface area contributed by atoms with Crippen molar-refractivity contribution in [2.45, 2.75) is 37.5 Å². The molecule has 27 heavy (non-hydrogen) atoms. The lowest BCUT2D eigenvalue weighted by Crippen LogP contribution is -2.09. The number of nitrogens with one attached hydrogen (secondary N) is 1. The Morgan fingerprint density at radius 3 is 2.67 bits per heavy atom. The Balaban J connectivity index is 1.74. The fourth-order valence-corrected chi connectivity index (χ4v) is 4.17. The second-order valence-electron chi connectivity index (χ2n) is 7.29. The number of benzene rings is 1. The van der Waals surface area contributed by atoms with Crippen LogP contribution in [0.25, 0.3) is 0 Å². The van der Waals surface area contributed by atoms with Crippen LogP contribution < -0.4 is 5.32 Å². The SMILES string of the molecule is CC1=Nc2c(Nc3ccccc3S(C)(=O)=O)cc(CC(=O)C3CC3)nc2C1. The maximum absolute atomic E-state index is 12.2. The number of aromatic nitrogens is 1. The number of hydrogen-bond donors (Lipinski definition) is 1. The lowest BCUT2D eigenvalue weighted by atomic mass is 10.1. The number of ketones is 1. The number of Topliss-reactive ketones (excluding diaryl/α,β-unsaturated/α-hetero) is 1. The van der Waals surface area contributed by atoms with Gasteiger partial charge in [-0.2, -0.15) is 0 Å². The molecule has 1 saturated carbocycles.